The Morgan fingerprint density at radius 2 is 2.15 bits per heavy atom. The standard InChI is InChI=1S/C14H18N4OS/c1-18-10-16-13(17-18)7-8-15-14(19)12(20)9-11-5-3-2-4-6-11/h2-6,10,12,20H,7-9H2,1H3,(H,15,19). The molecule has 1 aromatic heterocycles. The van der Waals surface area contributed by atoms with Crippen molar-refractivity contribution in [3.63, 3.8) is 0 Å². The first kappa shape index (κ1) is 14.6. The van der Waals surface area contributed by atoms with Crippen molar-refractivity contribution in [3.05, 3.63) is 48.0 Å². The summed E-state index contributed by atoms with van der Waals surface area (Å²) >= 11 is 4.35. The molecule has 0 spiro atoms. The fourth-order valence-corrected chi connectivity index (χ4v) is 2.15. The Hall–Kier alpha value is -1.82. The smallest absolute Gasteiger partial charge is 0.233 e. The molecule has 1 atom stereocenters. The van der Waals surface area contributed by atoms with Gasteiger partial charge >= 0.3 is 0 Å². The van der Waals surface area contributed by atoms with Gasteiger partial charge in [-0.15, -0.1) is 0 Å². The van der Waals surface area contributed by atoms with E-state index in [4.69, 9.17) is 0 Å². The third-order valence-electron chi connectivity index (χ3n) is 2.87. The van der Waals surface area contributed by atoms with Gasteiger partial charge in [0.05, 0.1) is 5.25 Å². The van der Waals surface area contributed by atoms with E-state index in [0.29, 0.717) is 19.4 Å². The molecular formula is C14H18N4OS. The molecule has 0 aliphatic carbocycles. The summed E-state index contributed by atoms with van der Waals surface area (Å²) in [6.45, 7) is 0.523. The van der Waals surface area contributed by atoms with E-state index in [9.17, 15) is 4.79 Å². The third-order valence-corrected chi connectivity index (χ3v) is 3.29. The quantitative estimate of drug-likeness (QED) is 0.781. The number of thiol groups is 1. The monoisotopic (exact) mass is 290 g/mol. The Balaban J connectivity index is 1.74. The molecule has 20 heavy (non-hydrogen) atoms. The number of aromatic nitrogens is 3. The Morgan fingerprint density at radius 3 is 2.80 bits per heavy atom. The van der Waals surface area contributed by atoms with Crippen molar-refractivity contribution in [2.75, 3.05) is 6.54 Å². The molecule has 0 bridgehead atoms. The highest BCUT2D eigenvalue weighted by atomic mass is 32.1. The zero-order valence-corrected chi connectivity index (χ0v) is 12.3. The Bertz CT molecular complexity index is 555. The largest absolute Gasteiger partial charge is 0.355 e. The average Bonchev–Trinajstić information content (AvgIpc) is 2.85. The summed E-state index contributed by atoms with van der Waals surface area (Å²) in [6, 6.07) is 9.86. The first-order valence-corrected chi connectivity index (χ1v) is 7.01. The number of carbonyl (C=O) groups excluding carboxylic acids is 1. The molecule has 0 fully saturated rings. The van der Waals surface area contributed by atoms with Crippen LogP contribution in [0, 0.1) is 0 Å². The van der Waals surface area contributed by atoms with E-state index in [2.05, 4.69) is 28.0 Å². The van der Waals surface area contributed by atoms with Crippen LogP contribution >= 0.6 is 12.6 Å². The molecule has 0 saturated heterocycles. The van der Waals surface area contributed by atoms with Gasteiger partial charge in [-0.3, -0.25) is 9.48 Å². The predicted octanol–water partition coefficient (Wildman–Crippen LogP) is 1.01. The average molecular weight is 290 g/mol. The molecule has 106 valence electrons. The van der Waals surface area contributed by atoms with Crippen LogP contribution in [0.15, 0.2) is 36.7 Å². The summed E-state index contributed by atoms with van der Waals surface area (Å²) in [6.07, 6.45) is 2.89. The molecule has 1 unspecified atom stereocenters. The highest BCUT2D eigenvalue weighted by Gasteiger charge is 2.14. The van der Waals surface area contributed by atoms with Gasteiger partial charge in [0.2, 0.25) is 5.91 Å². The van der Waals surface area contributed by atoms with Gasteiger partial charge in [-0.1, -0.05) is 30.3 Å². The highest BCUT2D eigenvalue weighted by molar-refractivity contribution is 7.81. The lowest BCUT2D eigenvalue weighted by Crippen LogP contribution is -2.34. The van der Waals surface area contributed by atoms with Crippen LogP contribution in [-0.4, -0.2) is 32.5 Å². The number of nitrogens with one attached hydrogen (secondary N) is 1. The van der Waals surface area contributed by atoms with Crippen molar-refractivity contribution in [2.24, 2.45) is 7.05 Å². The molecule has 6 heteroatoms. The van der Waals surface area contributed by atoms with Crippen LogP contribution in [0.25, 0.3) is 0 Å². The van der Waals surface area contributed by atoms with Crippen molar-refractivity contribution in [3.8, 4) is 0 Å². The fourth-order valence-electron chi connectivity index (χ4n) is 1.84. The van der Waals surface area contributed by atoms with E-state index < -0.39 is 0 Å². The van der Waals surface area contributed by atoms with Crippen LogP contribution < -0.4 is 5.32 Å². The maximum atomic E-state index is 11.9. The zero-order chi connectivity index (χ0) is 14.4. The number of carbonyl (C=O) groups is 1. The second-order valence-corrected chi connectivity index (χ2v) is 5.20. The van der Waals surface area contributed by atoms with E-state index in [1.165, 1.54) is 0 Å². The van der Waals surface area contributed by atoms with E-state index >= 15 is 0 Å². The van der Waals surface area contributed by atoms with Gasteiger partial charge in [0, 0.05) is 20.0 Å². The Morgan fingerprint density at radius 1 is 1.40 bits per heavy atom. The summed E-state index contributed by atoms with van der Waals surface area (Å²) in [5.41, 5.74) is 1.11. The van der Waals surface area contributed by atoms with Crippen LogP contribution in [0.3, 0.4) is 0 Å². The Kier molecular flexibility index (Phi) is 5.17. The number of hydrogen-bond acceptors (Lipinski definition) is 4. The van der Waals surface area contributed by atoms with Crippen molar-refractivity contribution in [2.45, 2.75) is 18.1 Å². The zero-order valence-electron chi connectivity index (χ0n) is 11.4. The first-order chi connectivity index (χ1) is 9.65. The van der Waals surface area contributed by atoms with Crippen molar-refractivity contribution in [1.29, 1.82) is 0 Å². The van der Waals surface area contributed by atoms with Crippen LogP contribution in [-0.2, 0) is 24.7 Å². The maximum Gasteiger partial charge on any atom is 0.233 e. The van der Waals surface area contributed by atoms with Gasteiger partial charge in [0.1, 0.15) is 6.33 Å². The molecule has 0 aliphatic rings. The minimum atomic E-state index is -0.339. The number of nitrogens with zero attached hydrogens (tertiary/aromatic N) is 3. The number of amides is 1. The van der Waals surface area contributed by atoms with Gasteiger partial charge in [0.25, 0.3) is 0 Å². The van der Waals surface area contributed by atoms with Gasteiger partial charge in [-0.25, -0.2) is 4.98 Å². The molecule has 0 radical (unpaired) electrons. The summed E-state index contributed by atoms with van der Waals surface area (Å²) in [5, 5.41) is 6.67. The molecule has 1 heterocycles. The van der Waals surface area contributed by atoms with Crippen LogP contribution in [0.4, 0.5) is 0 Å². The van der Waals surface area contributed by atoms with Crippen molar-refractivity contribution in [1.82, 2.24) is 20.1 Å². The number of aryl methyl sites for hydroxylation is 1. The number of benzene rings is 1. The minimum Gasteiger partial charge on any atom is -0.355 e. The summed E-state index contributed by atoms with van der Waals surface area (Å²) < 4.78 is 1.65. The van der Waals surface area contributed by atoms with Crippen molar-refractivity contribution >= 4 is 18.5 Å². The molecule has 1 aromatic carbocycles. The lowest BCUT2D eigenvalue weighted by atomic mass is 10.1. The van der Waals surface area contributed by atoms with Crippen LogP contribution in [0.1, 0.15) is 11.4 Å². The first-order valence-electron chi connectivity index (χ1n) is 6.49. The molecule has 1 N–H and O–H groups in total. The number of hydrogen-bond donors (Lipinski definition) is 2. The fraction of sp³-hybridized carbons (Fsp3) is 0.357. The van der Waals surface area contributed by atoms with Gasteiger partial charge in [-0.2, -0.15) is 17.7 Å². The lowest BCUT2D eigenvalue weighted by Gasteiger charge is -2.11. The van der Waals surface area contributed by atoms with E-state index in [-0.39, 0.29) is 11.2 Å². The van der Waals surface area contributed by atoms with Crippen molar-refractivity contribution < 1.29 is 4.79 Å². The summed E-state index contributed by atoms with van der Waals surface area (Å²) in [5.74, 6) is 0.666. The predicted molar refractivity (Wildman–Crippen MR) is 80.6 cm³/mol. The Labute approximate surface area is 123 Å². The van der Waals surface area contributed by atoms with Crippen LogP contribution in [0.2, 0.25) is 0 Å². The summed E-state index contributed by atoms with van der Waals surface area (Å²) in [4.78, 5) is 16.0. The second-order valence-electron chi connectivity index (χ2n) is 4.58. The molecule has 5 nitrogen and oxygen atoms in total. The normalized spacial score (nSPS) is 12.1. The van der Waals surface area contributed by atoms with E-state index in [1.807, 2.05) is 37.4 Å². The molecule has 2 aromatic rings. The maximum absolute atomic E-state index is 11.9. The summed E-state index contributed by atoms with van der Waals surface area (Å²) in [7, 11) is 1.82. The molecule has 0 aliphatic heterocycles. The number of rotatable bonds is 6. The molecule has 2 rings (SSSR count). The minimum absolute atomic E-state index is 0.0619. The highest BCUT2D eigenvalue weighted by Crippen LogP contribution is 2.07. The van der Waals surface area contributed by atoms with Gasteiger partial charge in [0.15, 0.2) is 5.82 Å². The molecule has 1 amide bonds. The van der Waals surface area contributed by atoms with Gasteiger partial charge < -0.3 is 5.32 Å². The lowest BCUT2D eigenvalue weighted by molar-refractivity contribution is -0.120. The topological polar surface area (TPSA) is 59.8 Å². The molecule has 0 saturated carbocycles. The second kappa shape index (κ2) is 7.09. The van der Waals surface area contributed by atoms with Crippen LogP contribution in [0.5, 0.6) is 0 Å². The molecular weight excluding hydrogens is 272 g/mol. The van der Waals surface area contributed by atoms with Gasteiger partial charge in [-0.05, 0) is 12.0 Å². The van der Waals surface area contributed by atoms with E-state index in [0.717, 1.165) is 11.4 Å². The van der Waals surface area contributed by atoms with E-state index in [1.54, 1.807) is 11.0 Å². The third kappa shape index (κ3) is 4.38. The SMILES string of the molecule is Cn1cnc(CCNC(=O)C(S)Cc2ccccc2)n1.